The van der Waals surface area contributed by atoms with E-state index in [9.17, 15) is 14.4 Å². The maximum absolute atomic E-state index is 12.8. The molecule has 0 saturated carbocycles. The number of benzene rings is 1. The van der Waals surface area contributed by atoms with Crippen molar-refractivity contribution in [3.05, 3.63) is 40.5 Å². The number of hydrogen-bond donors (Lipinski definition) is 2. The van der Waals surface area contributed by atoms with E-state index in [1.165, 1.54) is 7.11 Å². The molecule has 0 saturated heterocycles. The van der Waals surface area contributed by atoms with Crippen LogP contribution in [0.25, 0.3) is 16.4 Å². The van der Waals surface area contributed by atoms with Crippen LogP contribution in [0.3, 0.4) is 0 Å². The van der Waals surface area contributed by atoms with Gasteiger partial charge < -0.3 is 25.3 Å². The molecule has 0 aliphatic carbocycles. The summed E-state index contributed by atoms with van der Waals surface area (Å²) in [5, 5.41) is 3.84. The normalized spacial score (nSPS) is 12.8. The van der Waals surface area contributed by atoms with Gasteiger partial charge in [0, 0.05) is 38.0 Å². The van der Waals surface area contributed by atoms with E-state index in [0.29, 0.717) is 5.02 Å². The van der Waals surface area contributed by atoms with Gasteiger partial charge in [0.25, 0.3) is 6.21 Å². The van der Waals surface area contributed by atoms with Gasteiger partial charge in [-0.25, -0.2) is 4.79 Å². The Bertz CT molecular complexity index is 997. The van der Waals surface area contributed by atoms with Gasteiger partial charge in [0.1, 0.15) is 6.10 Å². The van der Waals surface area contributed by atoms with Gasteiger partial charge >= 0.3 is 5.97 Å². The Hall–Kier alpha value is -3.00. The van der Waals surface area contributed by atoms with Gasteiger partial charge in [0.15, 0.2) is 11.8 Å². The molecule has 0 spiro atoms. The molecule has 1 aromatic carbocycles. The summed E-state index contributed by atoms with van der Waals surface area (Å²) in [7, 11) is 1.37. The number of aromatic amines is 1. The van der Waals surface area contributed by atoms with Crippen LogP contribution in [0.1, 0.15) is 32.3 Å². The molecule has 2 aromatic rings. The third-order valence-corrected chi connectivity index (χ3v) is 4.85. The fourth-order valence-electron chi connectivity index (χ4n) is 3.04. The van der Waals surface area contributed by atoms with Crippen LogP contribution in [0.15, 0.2) is 24.4 Å². The Morgan fingerprint density at radius 1 is 1.32 bits per heavy atom. The number of hydrogen-bond acceptors (Lipinski definition) is 5. The van der Waals surface area contributed by atoms with Crippen molar-refractivity contribution in [2.24, 2.45) is 0 Å². The second-order valence-electron chi connectivity index (χ2n) is 7.14. The van der Waals surface area contributed by atoms with Crippen molar-refractivity contribution in [3.8, 4) is 0 Å². The Morgan fingerprint density at radius 2 is 2.06 bits per heavy atom. The number of ketones is 1. The number of nitrogens with zero attached hydrogens (tertiary/aromatic N) is 2. The van der Waals surface area contributed by atoms with E-state index in [2.05, 4.69) is 15.1 Å². The Kier molecular flexibility index (Phi) is 8.93. The summed E-state index contributed by atoms with van der Waals surface area (Å²) in [6, 6.07) is 3.93. The van der Waals surface area contributed by atoms with Gasteiger partial charge in [-0.1, -0.05) is 23.7 Å². The maximum Gasteiger partial charge on any atom is 0.336 e. The van der Waals surface area contributed by atoms with Gasteiger partial charge in [-0.05, 0) is 25.5 Å². The predicted molar refractivity (Wildman–Crippen MR) is 115 cm³/mol. The Balaban J connectivity index is 2.18. The van der Waals surface area contributed by atoms with Crippen molar-refractivity contribution >= 4 is 46.4 Å². The molecule has 1 aromatic heterocycles. The van der Waals surface area contributed by atoms with Crippen molar-refractivity contribution < 1.29 is 28.6 Å². The largest absolute Gasteiger partial charge is 0.461 e. The van der Waals surface area contributed by atoms with Crippen LogP contribution in [0.4, 0.5) is 0 Å². The molecule has 10 heteroatoms. The van der Waals surface area contributed by atoms with Crippen LogP contribution in [-0.2, 0) is 30.3 Å². The predicted octanol–water partition coefficient (Wildman–Crippen LogP) is 2.47. The summed E-state index contributed by atoms with van der Waals surface area (Å²) >= 11 is 6.18. The molecular weight excluding hydrogens is 424 g/mol. The molecule has 31 heavy (non-hydrogen) atoms. The van der Waals surface area contributed by atoms with E-state index in [4.69, 9.17) is 26.6 Å². The topological polar surface area (TPSA) is 134 Å². The maximum atomic E-state index is 12.8. The number of halogens is 1. The van der Waals surface area contributed by atoms with E-state index in [-0.39, 0.29) is 19.3 Å². The van der Waals surface area contributed by atoms with Crippen LogP contribution >= 0.6 is 11.6 Å². The first-order chi connectivity index (χ1) is 14.8. The number of methoxy groups -OCH3 is 1. The summed E-state index contributed by atoms with van der Waals surface area (Å²) < 4.78 is 10.4. The zero-order chi connectivity index (χ0) is 23.0. The standard InChI is InChI=1S/C21H25ClN4O5/c1-12(2)31-21(29)19(16(27)8-5-9-25-23)26-20(28)17(30-3)10-13-11-24-18-14(13)6-4-7-15(18)22/h4,6-7,9,11-12,17,19,24H,5,8,10H2,1-3H3,(H,26,28)/t17-,19-/m0/s1. The fourth-order valence-corrected chi connectivity index (χ4v) is 3.27. The highest BCUT2D eigenvalue weighted by Gasteiger charge is 2.32. The van der Waals surface area contributed by atoms with Crippen molar-refractivity contribution in [1.29, 1.82) is 0 Å². The van der Waals surface area contributed by atoms with Gasteiger partial charge in [0.05, 0.1) is 16.6 Å². The number of rotatable bonds is 11. The van der Waals surface area contributed by atoms with Crippen molar-refractivity contribution in [2.75, 3.05) is 7.11 Å². The second kappa shape index (κ2) is 11.4. The van der Waals surface area contributed by atoms with E-state index in [1.807, 2.05) is 6.07 Å². The number of aromatic nitrogens is 1. The van der Waals surface area contributed by atoms with Gasteiger partial charge in [-0.15, -0.1) is 0 Å². The summed E-state index contributed by atoms with van der Waals surface area (Å²) in [4.78, 5) is 43.6. The first-order valence-corrected chi connectivity index (χ1v) is 10.1. The fraction of sp³-hybridized carbons (Fsp3) is 0.429. The summed E-state index contributed by atoms with van der Waals surface area (Å²) in [5.74, 6) is -2.05. The lowest BCUT2D eigenvalue weighted by Gasteiger charge is -2.21. The minimum atomic E-state index is -1.49. The molecule has 0 bridgehead atoms. The van der Waals surface area contributed by atoms with Crippen molar-refractivity contribution in [1.82, 2.24) is 10.3 Å². The molecule has 0 fully saturated rings. The molecule has 0 aliphatic heterocycles. The molecular formula is C21H25ClN4O5. The minimum Gasteiger partial charge on any atom is -0.461 e. The van der Waals surface area contributed by atoms with Crippen molar-refractivity contribution in [2.45, 2.75) is 51.4 Å². The number of carbonyl (C=O) groups is 3. The summed E-state index contributed by atoms with van der Waals surface area (Å²) in [6.45, 7) is 3.28. The van der Waals surface area contributed by atoms with Crippen molar-refractivity contribution in [3.63, 3.8) is 0 Å². The monoisotopic (exact) mass is 448 g/mol. The number of Topliss-reactive ketones (excluding diaryl/α,β-unsaturated/α-hetero) is 1. The number of ether oxygens (including phenoxy) is 2. The first kappa shape index (κ1) is 24.3. The molecule has 0 unspecified atom stereocenters. The molecule has 2 rings (SSSR count). The van der Waals surface area contributed by atoms with Crippen LogP contribution in [0, 0.1) is 0 Å². The Morgan fingerprint density at radius 3 is 2.71 bits per heavy atom. The quantitative estimate of drug-likeness (QED) is 0.179. The number of amides is 1. The number of esters is 1. The van der Waals surface area contributed by atoms with Crippen LogP contribution in [-0.4, -0.2) is 59.0 Å². The third kappa shape index (κ3) is 6.49. The van der Waals surface area contributed by atoms with Crippen LogP contribution < -0.4 is 5.32 Å². The zero-order valence-electron chi connectivity index (χ0n) is 17.6. The summed E-state index contributed by atoms with van der Waals surface area (Å²) in [6.07, 6.45) is 1.64. The Labute approximate surface area is 184 Å². The molecule has 0 radical (unpaired) electrons. The summed E-state index contributed by atoms with van der Waals surface area (Å²) in [5.41, 5.74) is 10.0. The highest BCUT2D eigenvalue weighted by atomic mass is 35.5. The van der Waals surface area contributed by atoms with E-state index < -0.39 is 35.9 Å². The first-order valence-electron chi connectivity index (χ1n) is 9.75. The van der Waals surface area contributed by atoms with E-state index in [1.54, 1.807) is 32.2 Å². The SMILES string of the molecule is CO[C@@H](Cc1c[nH]c2c(Cl)cccc12)C(=O)N[C@@H](C(=O)CCC=[N+]=[N-])C(=O)OC(C)C. The molecule has 1 amide bonds. The minimum absolute atomic E-state index is 0.110. The molecule has 2 N–H and O–H groups in total. The van der Waals surface area contributed by atoms with Crippen LogP contribution in [0.5, 0.6) is 0 Å². The molecule has 1 heterocycles. The average Bonchev–Trinajstić information content (AvgIpc) is 3.13. The average molecular weight is 449 g/mol. The second-order valence-corrected chi connectivity index (χ2v) is 7.54. The van der Waals surface area contributed by atoms with E-state index >= 15 is 0 Å². The van der Waals surface area contributed by atoms with Crippen LogP contribution in [0.2, 0.25) is 5.02 Å². The molecule has 2 atom stereocenters. The molecule has 166 valence electrons. The number of fused-ring (bicyclic) bond motifs is 1. The van der Waals surface area contributed by atoms with Gasteiger partial charge in [-0.3, -0.25) is 9.59 Å². The van der Waals surface area contributed by atoms with Gasteiger partial charge in [-0.2, -0.15) is 4.79 Å². The third-order valence-electron chi connectivity index (χ3n) is 4.53. The lowest BCUT2D eigenvalue weighted by Crippen LogP contribution is -2.51. The highest BCUT2D eigenvalue weighted by molar-refractivity contribution is 6.35. The number of carbonyl (C=O) groups excluding carboxylic acids is 3. The highest BCUT2D eigenvalue weighted by Crippen LogP contribution is 2.26. The lowest BCUT2D eigenvalue weighted by atomic mass is 10.0. The van der Waals surface area contributed by atoms with Gasteiger partial charge in [0.2, 0.25) is 5.91 Å². The molecule has 0 aliphatic rings. The smallest absolute Gasteiger partial charge is 0.336 e. The van der Waals surface area contributed by atoms with E-state index in [0.717, 1.165) is 22.7 Å². The number of nitrogens with one attached hydrogen (secondary N) is 2. The lowest BCUT2D eigenvalue weighted by molar-refractivity contribution is -0.155. The molecule has 9 nitrogen and oxygen atoms in total. The number of para-hydroxylation sites is 1. The number of H-pyrrole nitrogens is 1. The zero-order valence-corrected chi connectivity index (χ0v) is 18.3.